The van der Waals surface area contributed by atoms with Gasteiger partial charge in [-0.15, -0.1) is 0 Å². The number of carbonyl (C=O) groups excluding carboxylic acids is 1. The first-order chi connectivity index (χ1) is 9.22. The average Bonchev–Trinajstić information content (AvgIpc) is 2.41. The minimum absolute atomic E-state index is 0.312. The summed E-state index contributed by atoms with van der Waals surface area (Å²) in [6.45, 7) is 8.75. The second-order valence-electron chi connectivity index (χ2n) is 5.56. The molecule has 1 aliphatic rings. The molecule has 4 heteroatoms. The molecule has 0 spiro atoms. The Hall–Kier alpha value is -0.610. The molecule has 4 nitrogen and oxygen atoms in total. The monoisotopic (exact) mass is 269 g/mol. The van der Waals surface area contributed by atoms with E-state index in [1.165, 1.54) is 19.3 Å². The molecule has 0 aromatic rings. The van der Waals surface area contributed by atoms with Crippen molar-refractivity contribution in [1.29, 1.82) is 0 Å². The maximum atomic E-state index is 12.4. The van der Waals surface area contributed by atoms with Gasteiger partial charge in [-0.3, -0.25) is 9.69 Å². The van der Waals surface area contributed by atoms with E-state index in [4.69, 9.17) is 0 Å². The van der Waals surface area contributed by atoms with Gasteiger partial charge in [0.2, 0.25) is 5.91 Å². The third kappa shape index (κ3) is 5.49. The van der Waals surface area contributed by atoms with Crippen molar-refractivity contribution in [1.82, 2.24) is 15.1 Å². The lowest BCUT2D eigenvalue weighted by atomic mass is 10.0. The molecule has 0 aromatic heterocycles. The van der Waals surface area contributed by atoms with Crippen molar-refractivity contribution >= 4 is 5.91 Å². The zero-order chi connectivity index (χ0) is 14.1. The van der Waals surface area contributed by atoms with Gasteiger partial charge in [0.25, 0.3) is 0 Å². The number of hydrogen-bond donors (Lipinski definition) is 1. The number of hydrogen-bond acceptors (Lipinski definition) is 3. The number of nitrogens with zero attached hydrogens (tertiary/aromatic N) is 2. The van der Waals surface area contributed by atoms with E-state index in [2.05, 4.69) is 24.1 Å². The summed E-state index contributed by atoms with van der Waals surface area (Å²) in [5, 5.41) is 3.25. The summed E-state index contributed by atoms with van der Waals surface area (Å²) in [7, 11) is 2.00. The van der Waals surface area contributed by atoms with Crippen LogP contribution in [0, 0.1) is 0 Å². The molecule has 1 aliphatic heterocycles. The summed E-state index contributed by atoms with van der Waals surface area (Å²) in [6.07, 6.45) is 5.84. The predicted octanol–water partition coefficient (Wildman–Crippen LogP) is 1.71. The van der Waals surface area contributed by atoms with Crippen molar-refractivity contribution < 1.29 is 4.79 Å². The first-order valence-electron chi connectivity index (χ1n) is 7.89. The van der Waals surface area contributed by atoms with E-state index >= 15 is 0 Å². The summed E-state index contributed by atoms with van der Waals surface area (Å²) in [6, 6.07) is 0.535. The quantitative estimate of drug-likeness (QED) is 0.728. The molecule has 1 saturated heterocycles. The lowest BCUT2D eigenvalue weighted by Gasteiger charge is -2.36. The van der Waals surface area contributed by atoms with E-state index in [1.54, 1.807) is 0 Å². The Morgan fingerprint density at radius 1 is 1.26 bits per heavy atom. The number of carbonyl (C=O) groups is 1. The predicted molar refractivity (Wildman–Crippen MR) is 80.3 cm³/mol. The van der Waals surface area contributed by atoms with Gasteiger partial charge in [-0.1, -0.05) is 20.3 Å². The molecule has 1 rings (SSSR count). The molecule has 0 aromatic carbocycles. The lowest BCUT2D eigenvalue weighted by Crippen LogP contribution is -2.50. The summed E-state index contributed by atoms with van der Waals surface area (Å²) in [5.41, 5.74) is 0. The summed E-state index contributed by atoms with van der Waals surface area (Å²) < 4.78 is 0. The number of likely N-dealkylation sites (tertiary alicyclic amines) is 1. The molecule has 0 saturated carbocycles. The molecule has 0 bridgehead atoms. The van der Waals surface area contributed by atoms with E-state index < -0.39 is 0 Å². The Morgan fingerprint density at radius 3 is 2.53 bits per heavy atom. The molecule has 0 radical (unpaired) electrons. The van der Waals surface area contributed by atoms with Gasteiger partial charge < -0.3 is 10.2 Å². The second kappa shape index (κ2) is 9.32. The third-order valence-electron chi connectivity index (χ3n) is 3.87. The number of amides is 1. The molecular formula is C15H31N3O. The molecule has 1 unspecified atom stereocenters. The Morgan fingerprint density at radius 2 is 1.95 bits per heavy atom. The fourth-order valence-corrected chi connectivity index (χ4v) is 2.91. The van der Waals surface area contributed by atoms with Crippen LogP contribution in [0.25, 0.3) is 0 Å². The van der Waals surface area contributed by atoms with Crippen molar-refractivity contribution in [3.63, 3.8) is 0 Å². The molecule has 1 amide bonds. The van der Waals surface area contributed by atoms with E-state index in [9.17, 15) is 4.79 Å². The van der Waals surface area contributed by atoms with Crippen LogP contribution in [0.15, 0.2) is 0 Å². The lowest BCUT2D eigenvalue weighted by molar-refractivity contribution is -0.133. The van der Waals surface area contributed by atoms with Crippen LogP contribution >= 0.6 is 0 Å². The second-order valence-corrected chi connectivity index (χ2v) is 5.56. The smallest absolute Gasteiger partial charge is 0.236 e. The van der Waals surface area contributed by atoms with Crippen LogP contribution in [0.4, 0.5) is 0 Å². The van der Waals surface area contributed by atoms with E-state index in [1.807, 2.05) is 11.9 Å². The molecule has 1 fully saturated rings. The number of rotatable bonds is 8. The summed E-state index contributed by atoms with van der Waals surface area (Å²) in [4.78, 5) is 16.8. The Labute approximate surface area is 118 Å². The highest BCUT2D eigenvalue weighted by Crippen LogP contribution is 2.16. The Bertz CT molecular complexity index is 250. The van der Waals surface area contributed by atoms with Crippen molar-refractivity contribution in [2.24, 2.45) is 0 Å². The van der Waals surface area contributed by atoms with Crippen LogP contribution in [-0.2, 0) is 4.79 Å². The van der Waals surface area contributed by atoms with Crippen LogP contribution in [0.1, 0.15) is 46.0 Å². The standard InChI is InChI=1S/C15H31N3O/c1-4-9-17(10-5-2)15(19)13-18-11-7-6-8-14(18)12-16-3/h14,16H,4-13H2,1-3H3. The highest BCUT2D eigenvalue weighted by Gasteiger charge is 2.25. The normalized spacial score (nSPS) is 20.5. The SMILES string of the molecule is CCCN(CCC)C(=O)CN1CCCCC1CNC. The largest absolute Gasteiger partial charge is 0.342 e. The zero-order valence-electron chi connectivity index (χ0n) is 13.0. The number of piperidine rings is 1. The number of likely N-dealkylation sites (N-methyl/N-ethyl adjacent to an activating group) is 1. The molecular weight excluding hydrogens is 238 g/mol. The molecule has 112 valence electrons. The zero-order valence-corrected chi connectivity index (χ0v) is 13.0. The van der Waals surface area contributed by atoms with Crippen LogP contribution in [0.2, 0.25) is 0 Å². The Kier molecular flexibility index (Phi) is 8.07. The van der Waals surface area contributed by atoms with E-state index in [0.29, 0.717) is 18.5 Å². The van der Waals surface area contributed by atoms with Gasteiger partial charge in [0.05, 0.1) is 6.54 Å². The van der Waals surface area contributed by atoms with Crippen molar-refractivity contribution in [2.75, 3.05) is 39.8 Å². The minimum atomic E-state index is 0.312. The molecule has 1 heterocycles. The fraction of sp³-hybridized carbons (Fsp3) is 0.933. The van der Waals surface area contributed by atoms with E-state index in [-0.39, 0.29) is 0 Å². The average molecular weight is 269 g/mol. The number of nitrogens with one attached hydrogen (secondary N) is 1. The fourth-order valence-electron chi connectivity index (χ4n) is 2.91. The van der Waals surface area contributed by atoms with Crippen LogP contribution in [0.3, 0.4) is 0 Å². The van der Waals surface area contributed by atoms with Gasteiger partial charge >= 0.3 is 0 Å². The van der Waals surface area contributed by atoms with Crippen LogP contribution in [0.5, 0.6) is 0 Å². The minimum Gasteiger partial charge on any atom is -0.342 e. The van der Waals surface area contributed by atoms with Gasteiger partial charge in [0.15, 0.2) is 0 Å². The summed E-state index contributed by atoms with van der Waals surface area (Å²) in [5.74, 6) is 0.312. The van der Waals surface area contributed by atoms with E-state index in [0.717, 1.165) is 39.0 Å². The maximum absolute atomic E-state index is 12.4. The van der Waals surface area contributed by atoms with Gasteiger partial charge in [-0.05, 0) is 39.3 Å². The molecule has 1 N–H and O–H groups in total. The van der Waals surface area contributed by atoms with Gasteiger partial charge in [0, 0.05) is 25.7 Å². The van der Waals surface area contributed by atoms with Gasteiger partial charge in [-0.2, -0.15) is 0 Å². The molecule has 0 aliphatic carbocycles. The summed E-state index contributed by atoms with van der Waals surface area (Å²) >= 11 is 0. The molecule has 19 heavy (non-hydrogen) atoms. The van der Waals surface area contributed by atoms with Gasteiger partial charge in [0.1, 0.15) is 0 Å². The first-order valence-corrected chi connectivity index (χ1v) is 7.89. The van der Waals surface area contributed by atoms with Gasteiger partial charge in [-0.25, -0.2) is 0 Å². The maximum Gasteiger partial charge on any atom is 0.236 e. The highest BCUT2D eigenvalue weighted by atomic mass is 16.2. The van der Waals surface area contributed by atoms with Crippen LogP contribution < -0.4 is 5.32 Å². The third-order valence-corrected chi connectivity index (χ3v) is 3.87. The first kappa shape index (κ1) is 16.4. The van der Waals surface area contributed by atoms with Crippen molar-refractivity contribution in [2.45, 2.75) is 52.0 Å². The molecule has 1 atom stereocenters. The topological polar surface area (TPSA) is 35.6 Å². The Balaban J connectivity index is 2.51. The van der Waals surface area contributed by atoms with Crippen LogP contribution in [-0.4, -0.2) is 61.5 Å². The van der Waals surface area contributed by atoms with Crippen molar-refractivity contribution in [3.05, 3.63) is 0 Å². The highest BCUT2D eigenvalue weighted by molar-refractivity contribution is 5.78. The van der Waals surface area contributed by atoms with Crippen molar-refractivity contribution in [3.8, 4) is 0 Å².